The van der Waals surface area contributed by atoms with Crippen LogP contribution in [0.15, 0.2) is 18.3 Å². The van der Waals surface area contributed by atoms with Crippen LogP contribution >= 0.6 is 0 Å². The number of urea groups is 1. The number of ether oxygens (including phenoxy) is 3. The number of rotatable bonds is 5. The van der Waals surface area contributed by atoms with Gasteiger partial charge in [0.2, 0.25) is 0 Å². The second-order valence-corrected chi connectivity index (χ2v) is 8.64. The van der Waals surface area contributed by atoms with Crippen LogP contribution in [0.4, 0.5) is 25.0 Å². The van der Waals surface area contributed by atoms with Gasteiger partial charge in [-0.15, -0.1) is 0 Å². The molecule has 1 aromatic carbocycles. The molecule has 0 N–H and O–H groups in total. The molecular formula is C24H27F2N5O4. The van der Waals surface area contributed by atoms with E-state index in [4.69, 9.17) is 14.2 Å². The van der Waals surface area contributed by atoms with Crippen LogP contribution in [-0.4, -0.2) is 68.1 Å². The largest absolute Gasteiger partial charge is 0.493 e. The van der Waals surface area contributed by atoms with Gasteiger partial charge in [-0.2, -0.15) is 0 Å². The Bertz CT molecular complexity index is 1280. The van der Waals surface area contributed by atoms with Crippen molar-refractivity contribution in [2.24, 2.45) is 7.05 Å². The summed E-state index contributed by atoms with van der Waals surface area (Å²) in [6, 6.07) is 2.58. The van der Waals surface area contributed by atoms with Crippen molar-refractivity contribution in [3.63, 3.8) is 0 Å². The molecule has 0 unspecified atom stereocenters. The van der Waals surface area contributed by atoms with E-state index >= 15 is 8.78 Å². The molecule has 5 rings (SSSR count). The minimum absolute atomic E-state index is 0.0562. The van der Waals surface area contributed by atoms with Gasteiger partial charge in [-0.3, -0.25) is 14.7 Å². The Morgan fingerprint density at radius 2 is 1.69 bits per heavy atom. The maximum Gasteiger partial charge on any atom is 0.329 e. The number of carbonyl (C=O) groups is 1. The van der Waals surface area contributed by atoms with Crippen molar-refractivity contribution in [1.82, 2.24) is 14.5 Å². The van der Waals surface area contributed by atoms with Crippen LogP contribution in [0.1, 0.15) is 11.3 Å². The topological polar surface area (TPSA) is 72.3 Å². The van der Waals surface area contributed by atoms with E-state index in [1.807, 2.05) is 17.7 Å². The lowest BCUT2D eigenvalue weighted by molar-refractivity contribution is 0.0333. The molecule has 9 nitrogen and oxygen atoms in total. The lowest BCUT2D eigenvalue weighted by Crippen LogP contribution is -2.46. The third kappa shape index (κ3) is 3.75. The standard InChI is InChI=1S/C24H27F2N5O4/c1-28-15(13-30-5-7-35-8-6-30)9-16-21-14(11-27-23(16)28)12-31(24(32)29(21)2)22-19(25)17(33-3)10-18(34-4)20(22)26/h9-11H,5-8,12-13H2,1-4H3. The molecule has 35 heavy (non-hydrogen) atoms. The molecule has 2 aliphatic heterocycles. The highest BCUT2D eigenvalue weighted by Crippen LogP contribution is 2.42. The van der Waals surface area contributed by atoms with E-state index in [1.54, 1.807) is 13.2 Å². The lowest BCUT2D eigenvalue weighted by Gasteiger charge is -2.35. The zero-order valence-electron chi connectivity index (χ0n) is 20.1. The highest BCUT2D eigenvalue weighted by atomic mass is 19.1. The van der Waals surface area contributed by atoms with E-state index in [-0.39, 0.29) is 18.0 Å². The third-order valence-electron chi connectivity index (χ3n) is 6.69. The number of methoxy groups -OCH3 is 2. The summed E-state index contributed by atoms with van der Waals surface area (Å²) in [7, 11) is 6.07. The van der Waals surface area contributed by atoms with Crippen molar-refractivity contribution in [3.05, 3.63) is 41.2 Å². The average Bonchev–Trinajstić information content (AvgIpc) is 3.17. The van der Waals surface area contributed by atoms with Crippen molar-refractivity contribution in [2.75, 3.05) is 57.4 Å². The van der Waals surface area contributed by atoms with Crippen LogP contribution < -0.4 is 19.3 Å². The number of morpholine rings is 1. The summed E-state index contributed by atoms with van der Waals surface area (Å²) in [6.45, 7) is 3.77. The van der Waals surface area contributed by atoms with Crippen molar-refractivity contribution in [2.45, 2.75) is 13.1 Å². The Kier molecular flexibility index (Phi) is 5.97. The Morgan fingerprint density at radius 1 is 1.03 bits per heavy atom. The second kappa shape index (κ2) is 8.97. The average molecular weight is 488 g/mol. The van der Waals surface area contributed by atoms with Gasteiger partial charge in [0.15, 0.2) is 23.1 Å². The molecule has 2 aromatic heterocycles. The SMILES string of the molecule is COc1cc(OC)c(F)c(N2Cc3cnc4c(cc(CN5CCOCC5)n4C)c3N(C)C2=O)c1F. The molecule has 0 spiro atoms. The van der Waals surface area contributed by atoms with Gasteiger partial charge in [0, 0.05) is 62.6 Å². The number of anilines is 2. The predicted octanol–water partition coefficient (Wildman–Crippen LogP) is 3.28. The molecule has 4 heterocycles. The number of nitrogens with zero attached hydrogens (tertiary/aromatic N) is 5. The highest BCUT2D eigenvalue weighted by Gasteiger charge is 2.36. The lowest BCUT2D eigenvalue weighted by atomic mass is 10.1. The Hall–Kier alpha value is -3.44. The molecule has 186 valence electrons. The number of halogens is 2. The zero-order valence-corrected chi connectivity index (χ0v) is 20.1. The molecule has 3 aromatic rings. The first-order valence-corrected chi connectivity index (χ1v) is 11.3. The Labute approximate surface area is 201 Å². The van der Waals surface area contributed by atoms with Gasteiger partial charge in [0.1, 0.15) is 11.3 Å². The van der Waals surface area contributed by atoms with Crippen molar-refractivity contribution in [1.29, 1.82) is 0 Å². The molecule has 0 radical (unpaired) electrons. The first kappa shape index (κ1) is 23.3. The molecule has 0 atom stereocenters. The molecule has 0 aliphatic carbocycles. The summed E-state index contributed by atoms with van der Waals surface area (Å²) in [5.41, 5.74) is 2.62. The Balaban J connectivity index is 1.57. The number of pyridine rings is 1. The van der Waals surface area contributed by atoms with Crippen molar-refractivity contribution < 1.29 is 27.8 Å². The van der Waals surface area contributed by atoms with E-state index in [0.717, 1.165) is 47.3 Å². The normalized spacial score (nSPS) is 16.7. The number of carbonyl (C=O) groups excluding carboxylic acids is 1. The van der Waals surface area contributed by atoms with Crippen LogP contribution in [0.5, 0.6) is 11.5 Å². The number of hydrogen-bond donors (Lipinski definition) is 0. The van der Waals surface area contributed by atoms with E-state index in [9.17, 15) is 4.79 Å². The minimum atomic E-state index is -0.974. The van der Waals surface area contributed by atoms with Crippen LogP contribution in [0.3, 0.4) is 0 Å². The fourth-order valence-corrected chi connectivity index (χ4v) is 4.80. The fraction of sp³-hybridized carbons (Fsp3) is 0.417. The fourth-order valence-electron chi connectivity index (χ4n) is 4.80. The quantitative estimate of drug-likeness (QED) is 0.550. The molecule has 2 aliphatic rings. The summed E-state index contributed by atoms with van der Waals surface area (Å²) in [6.07, 6.45) is 1.65. The molecule has 0 saturated carbocycles. The monoisotopic (exact) mass is 487 g/mol. The first-order chi connectivity index (χ1) is 16.8. The molecular weight excluding hydrogens is 460 g/mol. The van der Waals surface area contributed by atoms with Crippen LogP contribution in [-0.2, 0) is 24.9 Å². The molecule has 2 amide bonds. The van der Waals surface area contributed by atoms with Gasteiger partial charge >= 0.3 is 6.03 Å². The number of aryl methyl sites for hydroxylation is 1. The number of amides is 2. The maximum absolute atomic E-state index is 15.2. The summed E-state index contributed by atoms with van der Waals surface area (Å²) < 4.78 is 47.9. The van der Waals surface area contributed by atoms with Gasteiger partial charge in [0.25, 0.3) is 0 Å². The Morgan fingerprint density at radius 3 is 2.31 bits per heavy atom. The molecule has 0 bridgehead atoms. The third-order valence-corrected chi connectivity index (χ3v) is 6.69. The summed E-state index contributed by atoms with van der Waals surface area (Å²) in [4.78, 5) is 22.8. The van der Waals surface area contributed by atoms with Crippen LogP contribution in [0, 0.1) is 11.6 Å². The zero-order chi connectivity index (χ0) is 24.9. The number of benzene rings is 1. The highest BCUT2D eigenvalue weighted by molar-refractivity contribution is 6.11. The summed E-state index contributed by atoms with van der Waals surface area (Å²) in [5, 5.41) is 0.813. The van der Waals surface area contributed by atoms with Gasteiger partial charge in [-0.1, -0.05) is 0 Å². The first-order valence-electron chi connectivity index (χ1n) is 11.3. The van der Waals surface area contributed by atoms with E-state index in [0.29, 0.717) is 24.5 Å². The predicted molar refractivity (Wildman–Crippen MR) is 126 cm³/mol. The van der Waals surface area contributed by atoms with E-state index < -0.39 is 23.4 Å². The molecule has 11 heteroatoms. The number of aromatic nitrogens is 2. The smallest absolute Gasteiger partial charge is 0.329 e. The number of hydrogen-bond acceptors (Lipinski definition) is 6. The van der Waals surface area contributed by atoms with Crippen LogP contribution in [0.2, 0.25) is 0 Å². The van der Waals surface area contributed by atoms with Crippen molar-refractivity contribution >= 4 is 28.4 Å². The van der Waals surface area contributed by atoms with Gasteiger partial charge in [0.05, 0.1) is 39.7 Å². The van der Waals surface area contributed by atoms with Gasteiger partial charge in [-0.25, -0.2) is 18.6 Å². The maximum atomic E-state index is 15.2. The van der Waals surface area contributed by atoms with E-state index in [1.165, 1.54) is 19.1 Å². The second-order valence-electron chi connectivity index (χ2n) is 8.64. The summed E-state index contributed by atoms with van der Waals surface area (Å²) in [5.74, 6) is -2.39. The number of fused-ring (bicyclic) bond motifs is 3. The minimum Gasteiger partial charge on any atom is -0.493 e. The molecule has 1 saturated heterocycles. The molecule has 1 fully saturated rings. The summed E-state index contributed by atoms with van der Waals surface area (Å²) >= 11 is 0. The van der Waals surface area contributed by atoms with Gasteiger partial charge in [-0.05, 0) is 6.07 Å². The van der Waals surface area contributed by atoms with Crippen LogP contribution in [0.25, 0.3) is 11.0 Å². The van der Waals surface area contributed by atoms with Gasteiger partial charge < -0.3 is 18.8 Å². The van der Waals surface area contributed by atoms with Crippen molar-refractivity contribution in [3.8, 4) is 11.5 Å². The van der Waals surface area contributed by atoms with E-state index in [2.05, 4.69) is 9.88 Å².